The molecule has 1 fully saturated rings. The number of benzene rings is 2. The van der Waals surface area contributed by atoms with Gasteiger partial charge in [-0.2, -0.15) is 0 Å². The molecule has 2 heterocycles. The Labute approximate surface area is 171 Å². The first-order valence-corrected chi connectivity index (χ1v) is 9.85. The lowest BCUT2D eigenvalue weighted by Crippen LogP contribution is -2.32. The van der Waals surface area contributed by atoms with E-state index in [4.69, 9.17) is 5.73 Å². The molecule has 5 nitrogen and oxygen atoms in total. The van der Waals surface area contributed by atoms with Crippen molar-refractivity contribution >= 4 is 11.6 Å². The highest BCUT2D eigenvalue weighted by Crippen LogP contribution is 2.28. The van der Waals surface area contributed by atoms with Crippen LogP contribution >= 0.6 is 0 Å². The normalized spacial score (nSPS) is 18.7. The van der Waals surface area contributed by atoms with Crippen LogP contribution < -0.4 is 10.6 Å². The summed E-state index contributed by atoms with van der Waals surface area (Å²) in [6.07, 6.45) is 3.44. The van der Waals surface area contributed by atoms with Gasteiger partial charge in [0.05, 0.1) is 5.56 Å². The fourth-order valence-corrected chi connectivity index (χ4v) is 3.90. The molecule has 2 aromatic carbocycles. The maximum atomic E-state index is 13.1. The van der Waals surface area contributed by atoms with Gasteiger partial charge in [0.1, 0.15) is 0 Å². The molecule has 0 radical (unpaired) electrons. The Bertz CT molecular complexity index is 985. The minimum atomic E-state index is -0.0592. The number of nitrogens with two attached hydrogens (primary N) is 1. The van der Waals surface area contributed by atoms with Crippen molar-refractivity contribution in [2.75, 3.05) is 32.1 Å². The molecule has 0 spiro atoms. The lowest BCUT2D eigenvalue weighted by Gasteiger charge is -2.17. The van der Waals surface area contributed by atoms with Gasteiger partial charge in [0.15, 0.2) is 0 Å². The predicted octanol–water partition coefficient (Wildman–Crippen LogP) is 3.38. The Morgan fingerprint density at radius 3 is 2.41 bits per heavy atom. The molecule has 1 aliphatic rings. The highest BCUT2D eigenvalue weighted by molar-refractivity contribution is 5.95. The molecule has 0 bridgehead atoms. The van der Waals surface area contributed by atoms with E-state index in [2.05, 4.69) is 46.3 Å². The van der Waals surface area contributed by atoms with Crippen molar-refractivity contribution in [1.29, 1.82) is 0 Å². The predicted molar refractivity (Wildman–Crippen MR) is 117 cm³/mol. The van der Waals surface area contributed by atoms with E-state index in [1.54, 1.807) is 12.4 Å². The third-order valence-corrected chi connectivity index (χ3v) is 5.58. The van der Waals surface area contributed by atoms with Crippen LogP contribution in [0.3, 0.4) is 0 Å². The second kappa shape index (κ2) is 8.05. The minimum Gasteiger partial charge on any atom is -0.378 e. The van der Waals surface area contributed by atoms with Crippen molar-refractivity contribution in [2.24, 2.45) is 5.73 Å². The topological polar surface area (TPSA) is 62.5 Å². The molecule has 0 aliphatic carbocycles. The van der Waals surface area contributed by atoms with Crippen LogP contribution in [0.2, 0.25) is 0 Å². The Hall–Kier alpha value is -3.18. The van der Waals surface area contributed by atoms with E-state index in [1.165, 1.54) is 5.56 Å². The van der Waals surface area contributed by atoms with E-state index in [0.717, 1.165) is 16.8 Å². The van der Waals surface area contributed by atoms with E-state index < -0.39 is 0 Å². The fourth-order valence-electron chi connectivity index (χ4n) is 3.90. The Balaban J connectivity index is 1.53. The second-order valence-electron chi connectivity index (χ2n) is 7.79. The first-order chi connectivity index (χ1) is 14.0. The largest absolute Gasteiger partial charge is 0.378 e. The standard InChI is InChI=1S/C24H26N4O/c1-27(2)21-10-8-17(9-11-21)19-12-20(14-26-13-19)24(29)28-15-22(23(25)16-28)18-6-4-3-5-7-18/h3-14,22-23H,15-16,25H2,1-2H3/t22-,23+/m0/s1. The van der Waals surface area contributed by atoms with Crippen LogP contribution in [0.5, 0.6) is 0 Å². The van der Waals surface area contributed by atoms with Crippen LogP contribution in [0.15, 0.2) is 73.1 Å². The number of hydrogen-bond acceptors (Lipinski definition) is 4. The van der Waals surface area contributed by atoms with Gasteiger partial charge in [-0.3, -0.25) is 9.78 Å². The number of aromatic nitrogens is 1. The zero-order valence-corrected chi connectivity index (χ0v) is 16.8. The number of carbonyl (C=O) groups excluding carboxylic acids is 1. The van der Waals surface area contributed by atoms with E-state index in [1.807, 2.05) is 43.3 Å². The summed E-state index contributed by atoms with van der Waals surface area (Å²) in [5, 5.41) is 0. The van der Waals surface area contributed by atoms with E-state index in [9.17, 15) is 4.79 Å². The summed E-state index contributed by atoms with van der Waals surface area (Å²) in [6, 6.07) is 20.3. The molecule has 148 valence electrons. The molecule has 2 N–H and O–H groups in total. The van der Waals surface area contributed by atoms with Gasteiger partial charge in [-0.1, -0.05) is 42.5 Å². The number of likely N-dealkylation sites (tertiary alicyclic amines) is 1. The van der Waals surface area contributed by atoms with Crippen LogP contribution in [0, 0.1) is 0 Å². The highest BCUT2D eigenvalue weighted by atomic mass is 16.2. The Morgan fingerprint density at radius 2 is 1.72 bits per heavy atom. The summed E-state index contributed by atoms with van der Waals surface area (Å²) in [6.45, 7) is 1.19. The fraction of sp³-hybridized carbons (Fsp3) is 0.250. The lowest BCUT2D eigenvalue weighted by atomic mass is 9.95. The summed E-state index contributed by atoms with van der Waals surface area (Å²) >= 11 is 0. The van der Waals surface area contributed by atoms with Crippen LogP contribution in [-0.2, 0) is 0 Å². The van der Waals surface area contributed by atoms with Crippen molar-refractivity contribution in [3.8, 4) is 11.1 Å². The molecule has 2 atom stereocenters. The van der Waals surface area contributed by atoms with Gasteiger partial charge >= 0.3 is 0 Å². The number of nitrogens with zero attached hydrogens (tertiary/aromatic N) is 3. The molecule has 0 unspecified atom stereocenters. The maximum absolute atomic E-state index is 13.1. The van der Waals surface area contributed by atoms with Gasteiger partial charge in [-0.05, 0) is 29.3 Å². The maximum Gasteiger partial charge on any atom is 0.255 e. The van der Waals surface area contributed by atoms with E-state index >= 15 is 0 Å². The molecule has 1 aliphatic heterocycles. The zero-order chi connectivity index (χ0) is 20.4. The van der Waals surface area contributed by atoms with Crippen molar-refractivity contribution in [3.63, 3.8) is 0 Å². The van der Waals surface area contributed by atoms with Gasteiger partial charge in [0.2, 0.25) is 0 Å². The minimum absolute atomic E-state index is 0.0156. The summed E-state index contributed by atoms with van der Waals surface area (Å²) in [7, 11) is 4.03. The number of rotatable bonds is 4. The molecule has 5 heteroatoms. The summed E-state index contributed by atoms with van der Waals surface area (Å²) in [4.78, 5) is 21.3. The average molecular weight is 386 g/mol. The summed E-state index contributed by atoms with van der Waals surface area (Å²) in [5.41, 5.74) is 11.2. The molecule has 0 saturated carbocycles. The molecule has 1 aromatic heterocycles. The van der Waals surface area contributed by atoms with E-state index in [0.29, 0.717) is 18.7 Å². The highest BCUT2D eigenvalue weighted by Gasteiger charge is 2.34. The molecule has 1 amide bonds. The van der Waals surface area contributed by atoms with Gasteiger partial charge in [-0.15, -0.1) is 0 Å². The number of amides is 1. The summed E-state index contributed by atoms with van der Waals surface area (Å²) < 4.78 is 0. The summed E-state index contributed by atoms with van der Waals surface area (Å²) in [5.74, 6) is 0.146. The molecule has 3 aromatic rings. The lowest BCUT2D eigenvalue weighted by molar-refractivity contribution is 0.0789. The SMILES string of the molecule is CN(C)c1ccc(-c2cncc(C(=O)N3C[C@@H](N)[C@H](c4ccccc4)C3)c2)cc1. The number of anilines is 1. The number of pyridine rings is 1. The molecule has 1 saturated heterocycles. The van der Waals surface area contributed by atoms with Gasteiger partial charge in [-0.25, -0.2) is 0 Å². The monoisotopic (exact) mass is 386 g/mol. The second-order valence-corrected chi connectivity index (χ2v) is 7.79. The van der Waals surface area contributed by atoms with Crippen LogP contribution in [0.1, 0.15) is 21.8 Å². The van der Waals surface area contributed by atoms with E-state index in [-0.39, 0.29) is 17.9 Å². The smallest absolute Gasteiger partial charge is 0.255 e. The average Bonchev–Trinajstić information content (AvgIpc) is 3.15. The quantitative estimate of drug-likeness (QED) is 0.747. The van der Waals surface area contributed by atoms with Crippen molar-refractivity contribution in [3.05, 3.63) is 84.2 Å². The Kier molecular flexibility index (Phi) is 5.32. The van der Waals surface area contributed by atoms with Gasteiger partial charge in [0.25, 0.3) is 5.91 Å². The third-order valence-electron chi connectivity index (χ3n) is 5.58. The molecule has 29 heavy (non-hydrogen) atoms. The first kappa shape index (κ1) is 19.2. The van der Waals surface area contributed by atoms with Gasteiger partial charge in [0, 0.05) is 62.8 Å². The molecule has 4 rings (SSSR count). The molecular formula is C24H26N4O. The van der Waals surface area contributed by atoms with Crippen LogP contribution in [0.25, 0.3) is 11.1 Å². The zero-order valence-electron chi connectivity index (χ0n) is 16.8. The number of carbonyl (C=O) groups is 1. The van der Waals surface area contributed by atoms with Crippen molar-refractivity contribution < 1.29 is 4.79 Å². The van der Waals surface area contributed by atoms with Crippen molar-refractivity contribution in [2.45, 2.75) is 12.0 Å². The van der Waals surface area contributed by atoms with Crippen molar-refractivity contribution in [1.82, 2.24) is 9.88 Å². The van der Waals surface area contributed by atoms with Crippen LogP contribution in [-0.4, -0.2) is 49.0 Å². The van der Waals surface area contributed by atoms with Crippen LogP contribution in [0.4, 0.5) is 5.69 Å². The molecular weight excluding hydrogens is 360 g/mol. The van der Waals surface area contributed by atoms with Gasteiger partial charge < -0.3 is 15.5 Å². The first-order valence-electron chi connectivity index (χ1n) is 9.85. The third kappa shape index (κ3) is 4.00. The number of hydrogen-bond donors (Lipinski definition) is 1. The Morgan fingerprint density at radius 1 is 1.00 bits per heavy atom.